The predicted octanol–water partition coefficient (Wildman–Crippen LogP) is 2.14. The number of aliphatic hydroxyl groups excluding tert-OH is 1. The summed E-state index contributed by atoms with van der Waals surface area (Å²) in [4.78, 5) is 29.3. The van der Waals surface area contributed by atoms with Crippen LogP contribution in [0.3, 0.4) is 0 Å². The first-order chi connectivity index (χ1) is 14.5. The van der Waals surface area contributed by atoms with Crippen molar-refractivity contribution in [1.82, 2.24) is 9.55 Å². The zero-order chi connectivity index (χ0) is 22.8. The number of hydrogen-bond donors (Lipinski definition) is 2. The van der Waals surface area contributed by atoms with Crippen LogP contribution in [0.2, 0.25) is 13.1 Å². The first-order valence-electron chi connectivity index (χ1n) is 10.5. The van der Waals surface area contributed by atoms with Gasteiger partial charge in [-0.15, -0.1) is 0 Å². The molecule has 2 N–H and O–H groups in total. The minimum absolute atomic E-state index is 0.168. The molecule has 3 atom stereocenters. The van der Waals surface area contributed by atoms with E-state index in [1.165, 1.54) is 4.57 Å². The molecule has 1 fully saturated rings. The smallest absolute Gasteiger partial charge is 0.351 e. The van der Waals surface area contributed by atoms with Gasteiger partial charge in [0.25, 0.3) is 5.91 Å². The van der Waals surface area contributed by atoms with Crippen LogP contribution in [0, 0.1) is 0 Å². The van der Waals surface area contributed by atoms with E-state index in [2.05, 4.69) is 23.4 Å². The van der Waals surface area contributed by atoms with Gasteiger partial charge in [-0.1, -0.05) is 31.3 Å². The van der Waals surface area contributed by atoms with Crippen LogP contribution in [0.1, 0.15) is 37.6 Å². The van der Waals surface area contributed by atoms with Crippen molar-refractivity contribution in [3.63, 3.8) is 0 Å². The Morgan fingerprint density at radius 3 is 2.58 bits per heavy atom. The molecule has 1 amide bonds. The Labute approximate surface area is 183 Å². The second-order valence-electron chi connectivity index (χ2n) is 9.14. The third kappa shape index (κ3) is 5.30. The largest absolute Gasteiger partial charge is 0.390 e. The van der Waals surface area contributed by atoms with Crippen LogP contribution in [0.4, 0.5) is 5.82 Å². The standard InChI is InChI=1S/C22H31N3O5Si/c1-21(2,3)29-14-17-16(26)13-22(30-17,31(4)5)25-12-11-18(24-20(25)28)23-19(27)15-9-7-6-8-10-15/h6-12,16-17,26,31H,13-14H2,1-5H3,(H,23,24,27,28). The van der Waals surface area contributed by atoms with Crippen LogP contribution in [0.15, 0.2) is 47.4 Å². The van der Waals surface area contributed by atoms with Crippen molar-refractivity contribution in [2.75, 3.05) is 11.9 Å². The summed E-state index contributed by atoms with van der Waals surface area (Å²) in [6, 6.07) is 10.3. The molecular formula is C22H31N3O5Si. The fourth-order valence-electron chi connectivity index (χ4n) is 3.64. The zero-order valence-electron chi connectivity index (χ0n) is 18.7. The monoisotopic (exact) mass is 445 g/mol. The van der Waals surface area contributed by atoms with Crippen LogP contribution >= 0.6 is 0 Å². The fourth-order valence-corrected chi connectivity index (χ4v) is 5.55. The lowest BCUT2D eigenvalue weighted by Gasteiger charge is -2.34. The Hall–Kier alpha value is -2.33. The summed E-state index contributed by atoms with van der Waals surface area (Å²) in [5.41, 5.74) is -0.416. The van der Waals surface area contributed by atoms with Crippen LogP contribution in [0.25, 0.3) is 0 Å². The highest BCUT2D eigenvalue weighted by molar-refractivity contribution is 6.58. The van der Waals surface area contributed by atoms with E-state index in [1.54, 1.807) is 36.5 Å². The summed E-state index contributed by atoms with van der Waals surface area (Å²) in [6.07, 6.45) is 0.606. The molecule has 0 bridgehead atoms. The summed E-state index contributed by atoms with van der Waals surface area (Å²) in [5, 5.41) is 12.4. The number of carbonyl (C=O) groups is 1. The first-order valence-corrected chi connectivity index (χ1v) is 13.4. The second-order valence-corrected chi connectivity index (χ2v) is 12.3. The maximum atomic E-state index is 12.9. The maximum absolute atomic E-state index is 12.9. The van der Waals surface area contributed by atoms with E-state index >= 15 is 0 Å². The topological polar surface area (TPSA) is 103 Å². The summed E-state index contributed by atoms with van der Waals surface area (Å²) in [6.45, 7) is 10.2. The minimum atomic E-state index is -1.65. The molecule has 1 aliphatic rings. The molecular weight excluding hydrogens is 414 g/mol. The van der Waals surface area contributed by atoms with Crippen molar-refractivity contribution >= 4 is 20.5 Å². The number of nitrogens with zero attached hydrogens (tertiary/aromatic N) is 2. The molecule has 2 heterocycles. The zero-order valence-corrected chi connectivity index (χ0v) is 19.8. The van der Waals surface area contributed by atoms with Gasteiger partial charge in [0.05, 0.1) is 27.1 Å². The van der Waals surface area contributed by atoms with E-state index in [9.17, 15) is 14.7 Å². The van der Waals surface area contributed by atoms with Crippen LogP contribution in [-0.4, -0.2) is 53.8 Å². The molecule has 0 radical (unpaired) electrons. The molecule has 0 saturated carbocycles. The quantitative estimate of drug-likeness (QED) is 0.661. The number of carbonyl (C=O) groups excluding carboxylic acids is 1. The van der Waals surface area contributed by atoms with Crippen molar-refractivity contribution in [3.8, 4) is 0 Å². The molecule has 3 unspecified atom stereocenters. The average Bonchev–Trinajstić information content (AvgIpc) is 3.04. The van der Waals surface area contributed by atoms with Crippen molar-refractivity contribution in [2.24, 2.45) is 0 Å². The molecule has 3 rings (SSSR count). The average molecular weight is 446 g/mol. The molecule has 1 aliphatic heterocycles. The highest BCUT2D eigenvalue weighted by Gasteiger charge is 2.50. The highest BCUT2D eigenvalue weighted by Crippen LogP contribution is 2.37. The van der Waals surface area contributed by atoms with E-state index in [4.69, 9.17) is 9.47 Å². The van der Waals surface area contributed by atoms with E-state index in [1.807, 2.05) is 26.8 Å². The van der Waals surface area contributed by atoms with Crippen molar-refractivity contribution in [3.05, 3.63) is 58.6 Å². The van der Waals surface area contributed by atoms with Gasteiger partial charge in [0.2, 0.25) is 0 Å². The Morgan fingerprint density at radius 1 is 1.32 bits per heavy atom. The number of aliphatic hydroxyl groups is 1. The molecule has 168 valence electrons. The van der Waals surface area contributed by atoms with Crippen LogP contribution < -0.4 is 11.0 Å². The van der Waals surface area contributed by atoms with E-state index in [0.29, 0.717) is 12.0 Å². The third-order valence-corrected chi connectivity index (χ3v) is 7.81. The number of hydrogen-bond acceptors (Lipinski definition) is 6. The number of benzene rings is 1. The lowest BCUT2D eigenvalue weighted by Crippen LogP contribution is -2.51. The van der Waals surface area contributed by atoms with Gasteiger partial charge in [-0.25, -0.2) is 4.79 Å². The van der Waals surface area contributed by atoms with E-state index in [-0.39, 0.29) is 23.9 Å². The molecule has 31 heavy (non-hydrogen) atoms. The number of anilines is 1. The molecule has 1 aromatic carbocycles. The van der Waals surface area contributed by atoms with Crippen molar-refractivity contribution in [2.45, 2.75) is 63.4 Å². The molecule has 8 nitrogen and oxygen atoms in total. The van der Waals surface area contributed by atoms with Crippen molar-refractivity contribution < 1.29 is 19.4 Å². The Balaban J connectivity index is 1.82. The Kier molecular flexibility index (Phi) is 6.80. The van der Waals surface area contributed by atoms with Gasteiger partial charge in [0.15, 0.2) is 0 Å². The Bertz CT molecular complexity index is 973. The molecule has 0 spiro atoms. The summed E-state index contributed by atoms with van der Waals surface area (Å²) < 4.78 is 13.6. The predicted molar refractivity (Wildman–Crippen MR) is 121 cm³/mol. The highest BCUT2D eigenvalue weighted by atomic mass is 28.3. The number of nitrogens with one attached hydrogen (secondary N) is 1. The number of amides is 1. The molecule has 0 aliphatic carbocycles. The number of rotatable bonds is 6. The summed E-state index contributed by atoms with van der Waals surface area (Å²) in [7, 11) is -1.65. The van der Waals surface area contributed by atoms with Gasteiger partial charge < -0.3 is 19.9 Å². The van der Waals surface area contributed by atoms with Crippen molar-refractivity contribution in [1.29, 1.82) is 0 Å². The van der Waals surface area contributed by atoms with Gasteiger partial charge in [0.1, 0.15) is 17.3 Å². The van der Waals surface area contributed by atoms with Gasteiger partial charge in [-0.2, -0.15) is 4.98 Å². The second kappa shape index (κ2) is 9.03. The number of ether oxygens (including phenoxy) is 2. The number of aromatic nitrogens is 2. The normalized spacial score (nSPS) is 23.8. The fraction of sp³-hybridized carbons (Fsp3) is 0.500. The van der Waals surface area contributed by atoms with Gasteiger partial charge in [-0.3, -0.25) is 9.36 Å². The van der Waals surface area contributed by atoms with Gasteiger partial charge in [-0.05, 0) is 39.0 Å². The van der Waals surface area contributed by atoms with E-state index < -0.39 is 32.0 Å². The van der Waals surface area contributed by atoms with Gasteiger partial charge in [0, 0.05) is 18.2 Å². The molecule has 1 aromatic heterocycles. The lowest BCUT2D eigenvalue weighted by molar-refractivity contribution is -0.114. The minimum Gasteiger partial charge on any atom is -0.390 e. The Morgan fingerprint density at radius 2 is 2.00 bits per heavy atom. The maximum Gasteiger partial charge on any atom is 0.351 e. The molecule has 1 saturated heterocycles. The first kappa shape index (κ1) is 23.3. The SMILES string of the molecule is C[SiH](C)C1(n2ccc(NC(=O)c3ccccc3)nc2=O)CC(O)C(COC(C)(C)C)O1. The summed E-state index contributed by atoms with van der Waals surface area (Å²) >= 11 is 0. The lowest BCUT2D eigenvalue weighted by atomic mass is 10.1. The summed E-state index contributed by atoms with van der Waals surface area (Å²) in [5.74, 6) is -0.174. The molecule has 2 aromatic rings. The van der Waals surface area contributed by atoms with Crippen LogP contribution in [-0.2, 0) is 14.8 Å². The van der Waals surface area contributed by atoms with Crippen LogP contribution in [0.5, 0.6) is 0 Å². The third-order valence-electron chi connectivity index (χ3n) is 5.36. The molecule has 9 heteroatoms. The van der Waals surface area contributed by atoms with Gasteiger partial charge >= 0.3 is 5.69 Å². The van der Waals surface area contributed by atoms with E-state index in [0.717, 1.165) is 0 Å².